The second kappa shape index (κ2) is 7.32. The molecule has 0 spiro atoms. The van der Waals surface area contributed by atoms with Crippen molar-refractivity contribution in [2.24, 2.45) is 0 Å². The summed E-state index contributed by atoms with van der Waals surface area (Å²) >= 11 is 0. The van der Waals surface area contributed by atoms with E-state index in [2.05, 4.69) is 60.5 Å². The van der Waals surface area contributed by atoms with Gasteiger partial charge in [0, 0.05) is 24.2 Å². The molecule has 0 unspecified atom stereocenters. The molecule has 0 bridgehead atoms. The molecule has 2 heterocycles. The van der Waals surface area contributed by atoms with E-state index in [0.29, 0.717) is 5.95 Å². The van der Waals surface area contributed by atoms with E-state index in [1.54, 1.807) is 0 Å². The second-order valence-corrected chi connectivity index (χ2v) is 7.23. The van der Waals surface area contributed by atoms with Gasteiger partial charge in [-0.1, -0.05) is 42.7 Å². The van der Waals surface area contributed by atoms with Crippen LogP contribution in [0.1, 0.15) is 36.8 Å². The number of fused-ring (bicyclic) bond motifs is 1. The minimum absolute atomic E-state index is 0.676. The molecule has 0 saturated carbocycles. The van der Waals surface area contributed by atoms with Crippen molar-refractivity contribution in [2.75, 3.05) is 23.3 Å². The third-order valence-corrected chi connectivity index (χ3v) is 5.12. The fourth-order valence-corrected chi connectivity index (χ4v) is 3.71. The van der Waals surface area contributed by atoms with Crippen LogP contribution >= 0.6 is 0 Å². The van der Waals surface area contributed by atoms with Crippen LogP contribution in [0.15, 0.2) is 42.5 Å². The van der Waals surface area contributed by atoms with Crippen LogP contribution in [0.3, 0.4) is 0 Å². The smallest absolute Gasteiger partial charge is 0.229 e. The molecule has 4 nitrogen and oxygen atoms in total. The van der Waals surface area contributed by atoms with Crippen molar-refractivity contribution in [3.05, 3.63) is 53.6 Å². The van der Waals surface area contributed by atoms with Gasteiger partial charge in [0.25, 0.3) is 0 Å². The van der Waals surface area contributed by atoms with Gasteiger partial charge >= 0.3 is 0 Å². The first-order valence-corrected chi connectivity index (χ1v) is 9.57. The summed E-state index contributed by atoms with van der Waals surface area (Å²) in [7, 11) is 0. The maximum Gasteiger partial charge on any atom is 0.229 e. The molecule has 1 saturated heterocycles. The van der Waals surface area contributed by atoms with Crippen LogP contribution in [0, 0.1) is 13.8 Å². The van der Waals surface area contributed by atoms with Crippen molar-refractivity contribution in [2.45, 2.75) is 39.5 Å². The van der Waals surface area contributed by atoms with Crippen LogP contribution in [-0.4, -0.2) is 23.1 Å². The number of aryl methyl sites for hydroxylation is 2. The zero-order valence-corrected chi connectivity index (χ0v) is 15.6. The molecule has 4 rings (SSSR count). The molecule has 1 fully saturated rings. The van der Waals surface area contributed by atoms with Crippen LogP contribution in [0.25, 0.3) is 10.9 Å². The number of nitrogens with one attached hydrogen (secondary N) is 1. The summed E-state index contributed by atoms with van der Waals surface area (Å²) in [5.74, 6) is 1.74. The Balaban J connectivity index is 1.75. The van der Waals surface area contributed by atoms with E-state index < -0.39 is 0 Å². The predicted molar refractivity (Wildman–Crippen MR) is 109 cm³/mol. The molecule has 134 valence electrons. The molecule has 2 aromatic carbocycles. The van der Waals surface area contributed by atoms with E-state index in [9.17, 15) is 0 Å². The van der Waals surface area contributed by atoms with Gasteiger partial charge in [0.15, 0.2) is 0 Å². The zero-order valence-electron chi connectivity index (χ0n) is 15.6. The fourth-order valence-electron chi connectivity index (χ4n) is 3.71. The average Bonchev–Trinajstić information content (AvgIpc) is 2.93. The van der Waals surface area contributed by atoms with Gasteiger partial charge in [0.1, 0.15) is 5.82 Å². The Morgan fingerprint density at radius 3 is 2.42 bits per heavy atom. The van der Waals surface area contributed by atoms with Gasteiger partial charge in [0.05, 0.1) is 5.52 Å². The lowest BCUT2D eigenvalue weighted by molar-refractivity contribution is 0.726. The highest BCUT2D eigenvalue weighted by molar-refractivity contribution is 5.90. The molecule has 0 aliphatic carbocycles. The van der Waals surface area contributed by atoms with E-state index in [0.717, 1.165) is 35.5 Å². The Labute approximate surface area is 155 Å². The molecule has 0 radical (unpaired) electrons. The Bertz CT molecular complexity index is 911. The van der Waals surface area contributed by atoms with Crippen LogP contribution < -0.4 is 10.2 Å². The maximum absolute atomic E-state index is 4.93. The molecule has 1 aromatic heterocycles. The number of hydrogen-bond donors (Lipinski definition) is 1. The van der Waals surface area contributed by atoms with Gasteiger partial charge < -0.3 is 10.2 Å². The van der Waals surface area contributed by atoms with Crippen LogP contribution in [0.5, 0.6) is 0 Å². The number of rotatable bonds is 3. The maximum atomic E-state index is 4.93. The molecule has 26 heavy (non-hydrogen) atoms. The lowest BCUT2D eigenvalue weighted by Crippen LogP contribution is -2.25. The van der Waals surface area contributed by atoms with Crippen molar-refractivity contribution < 1.29 is 0 Å². The van der Waals surface area contributed by atoms with Crippen molar-refractivity contribution in [3.63, 3.8) is 0 Å². The van der Waals surface area contributed by atoms with Crippen molar-refractivity contribution >= 4 is 28.4 Å². The highest BCUT2D eigenvalue weighted by Gasteiger charge is 2.16. The Hall–Kier alpha value is -2.62. The first-order chi connectivity index (χ1) is 12.7. The van der Waals surface area contributed by atoms with E-state index in [-0.39, 0.29) is 0 Å². The SMILES string of the molecule is Cc1ccc(Nc2nc(N3CCCCCC3)c3ccccc3n2)c(C)c1. The molecule has 1 aliphatic rings. The van der Waals surface area contributed by atoms with E-state index >= 15 is 0 Å². The first-order valence-electron chi connectivity index (χ1n) is 9.57. The molecular formula is C22H26N4. The Morgan fingerprint density at radius 1 is 0.885 bits per heavy atom. The predicted octanol–water partition coefficient (Wildman–Crippen LogP) is 5.37. The molecule has 1 aliphatic heterocycles. The molecule has 1 N–H and O–H groups in total. The molecular weight excluding hydrogens is 320 g/mol. The molecule has 0 atom stereocenters. The number of benzene rings is 2. The summed E-state index contributed by atoms with van der Waals surface area (Å²) in [6, 6.07) is 14.7. The van der Waals surface area contributed by atoms with Crippen molar-refractivity contribution in [1.82, 2.24) is 9.97 Å². The first kappa shape index (κ1) is 16.8. The largest absolute Gasteiger partial charge is 0.356 e. The lowest BCUT2D eigenvalue weighted by atomic mass is 10.1. The Kier molecular flexibility index (Phi) is 4.74. The van der Waals surface area contributed by atoms with Gasteiger partial charge in [-0.15, -0.1) is 0 Å². The van der Waals surface area contributed by atoms with Gasteiger partial charge in [-0.2, -0.15) is 4.98 Å². The van der Waals surface area contributed by atoms with Crippen LogP contribution in [-0.2, 0) is 0 Å². The standard InChI is InChI=1S/C22H26N4/c1-16-11-12-19(17(2)15-16)23-22-24-20-10-6-5-9-18(20)21(25-22)26-13-7-3-4-8-14-26/h5-6,9-12,15H,3-4,7-8,13-14H2,1-2H3,(H,23,24,25). The van der Waals surface area contributed by atoms with Crippen molar-refractivity contribution in [3.8, 4) is 0 Å². The van der Waals surface area contributed by atoms with E-state index in [1.165, 1.54) is 36.8 Å². The number of para-hydroxylation sites is 1. The van der Waals surface area contributed by atoms with Crippen LogP contribution in [0.4, 0.5) is 17.5 Å². The summed E-state index contributed by atoms with van der Waals surface area (Å²) in [4.78, 5) is 12.1. The van der Waals surface area contributed by atoms with Gasteiger partial charge in [-0.25, -0.2) is 4.98 Å². The Morgan fingerprint density at radius 2 is 1.65 bits per heavy atom. The third kappa shape index (κ3) is 3.50. The summed E-state index contributed by atoms with van der Waals surface area (Å²) in [5.41, 5.74) is 4.53. The van der Waals surface area contributed by atoms with E-state index in [4.69, 9.17) is 9.97 Å². The minimum Gasteiger partial charge on any atom is -0.356 e. The highest BCUT2D eigenvalue weighted by atomic mass is 15.2. The third-order valence-electron chi connectivity index (χ3n) is 5.12. The van der Waals surface area contributed by atoms with Gasteiger partial charge in [-0.3, -0.25) is 0 Å². The number of anilines is 3. The summed E-state index contributed by atoms with van der Waals surface area (Å²) in [6.07, 6.45) is 5.09. The number of nitrogens with zero attached hydrogens (tertiary/aromatic N) is 3. The zero-order chi connectivity index (χ0) is 17.9. The van der Waals surface area contributed by atoms with Crippen LogP contribution in [0.2, 0.25) is 0 Å². The highest BCUT2D eigenvalue weighted by Crippen LogP contribution is 2.29. The molecule has 4 heteroatoms. The molecule has 3 aromatic rings. The minimum atomic E-state index is 0.676. The van der Waals surface area contributed by atoms with Gasteiger partial charge in [0.2, 0.25) is 5.95 Å². The number of hydrogen-bond acceptors (Lipinski definition) is 4. The second-order valence-electron chi connectivity index (χ2n) is 7.23. The topological polar surface area (TPSA) is 41.1 Å². The number of aromatic nitrogens is 2. The fraction of sp³-hybridized carbons (Fsp3) is 0.364. The van der Waals surface area contributed by atoms with Gasteiger partial charge in [-0.05, 0) is 50.5 Å². The summed E-state index contributed by atoms with van der Waals surface area (Å²) < 4.78 is 0. The normalized spacial score (nSPS) is 15.1. The van der Waals surface area contributed by atoms with E-state index in [1.807, 2.05) is 6.07 Å². The monoisotopic (exact) mass is 346 g/mol. The summed E-state index contributed by atoms with van der Waals surface area (Å²) in [5, 5.41) is 4.58. The quantitative estimate of drug-likeness (QED) is 0.692. The lowest BCUT2D eigenvalue weighted by Gasteiger charge is -2.23. The summed E-state index contributed by atoms with van der Waals surface area (Å²) in [6.45, 7) is 6.38. The van der Waals surface area contributed by atoms with Crippen molar-refractivity contribution in [1.29, 1.82) is 0 Å². The average molecular weight is 346 g/mol. The molecule has 0 amide bonds.